The molecule has 3 rings (SSSR count). The number of rotatable bonds is 6. The van der Waals surface area contributed by atoms with E-state index in [0.29, 0.717) is 34.0 Å². The lowest BCUT2D eigenvalue weighted by atomic mass is 10.1. The van der Waals surface area contributed by atoms with Crippen LogP contribution in [0.25, 0.3) is 12.2 Å². The van der Waals surface area contributed by atoms with E-state index >= 15 is 0 Å². The fraction of sp³-hybridized carbons (Fsp3) is 0.217. The molecule has 8 heteroatoms. The molecule has 0 radical (unpaired) electrons. The molecule has 0 saturated heterocycles. The van der Waals surface area contributed by atoms with Crippen molar-refractivity contribution in [2.45, 2.75) is 39.5 Å². The summed E-state index contributed by atoms with van der Waals surface area (Å²) in [5.41, 5.74) is 4.62. The van der Waals surface area contributed by atoms with Crippen molar-refractivity contribution in [2.24, 2.45) is 0 Å². The number of nitrogens with zero attached hydrogens (tertiary/aromatic N) is 1. The number of carbonyl (C=O) groups is 1. The van der Waals surface area contributed by atoms with E-state index in [1.165, 1.54) is 6.92 Å². The Hall–Kier alpha value is -3.39. The first-order chi connectivity index (χ1) is 14.6. The first kappa shape index (κ1) is 22.3. The van der Waals surface area contributed by atoms with Gasteiger partial charge in [-0.3, -0.25) is 9.52 Å². The minimum atomic E-state index is -3.79. The van der Waals surface area contributed by atoms with Gasteiger partial charge in [-0.1, -0.05) is 41.6 Å². The monoisotopic (exact) mass is 439 g/mol. The number of para-hydroxylation sites is 1. The zero-order chi connectivity index (χ0) is 22.8. The molecule has 3 aromatic rings. The minimum Gasteiger partial charge on any atom is -0.354 e. The smallest absolute Gasteiger partial charge is 0.262 e. The van der Waals surface area contributed by atoms with Gasteiger partial charge >= 0.3 is 0 Å². The number of aryl methyl sites for hydroxylation is 4. The molecule has 0 aliphatic heterocycles. The Bertz CT molecular complexity index is 1250. The fourth-order valence-electron chi connectivity index (χ4n) is 3.18. The lowest BCUT2D eigenvalue weighted by molar-refractivity contribution is -0.114. The third-order valence-electron chi connectivity index (χ3n) is 4.84. The molecule has 1 heterocycles. The van der Waals surface area contributed by atoms with E-state index in [1.807, 2.05) is 38.1 Å². The van der Waals surface area contributed by atoms with Crippen LogP contribution in [0.15, 0.2) is 45.8 Å². The van der Waals surface area contributed by atoms with Crippen LogP contribution in [-0.2, 0) is 14.8 Å². The molecular weight excluding hydrogens is 414 g/mol. The van der Waals surface area contributed by atoms with E-state index < -0.39 is 10.0 Å². The van der Waals surface area contributed by atoms with Crippen molar-refractivity contribution >= 4 is 39.5 Å². The van der Waals surface area contributed by atoms with Crippen LogP contribution in [0.4, 0.5) is 11.4 Å². The summed E-state index contributed by atoms with van der Waals surface area (Å²) in [6.07, 6.45) is 3.36. The van der Waals surface area contributed by atoms with Gasteiger partial charge < -0.3 is 9.84 Å². The van der Waals surface area contributed by atoms with Gasteiger partial charge in [-0.05, 0) is 62.1 Å². The van der Waals surface area contributed by atoms with Crippen molar-refractivity contribution in [3.8, 4) is 0 Å². The maximum absolute atomic E-state index is 13.1. The van der Waals surface area contributed by atoms with Crippen LogP contribution in [0.2, 0.25) is 0 Å². The summed E-state index contributed by atoms with van der Waals surface area (Å²) in [6, 6.07) is 10.8. The van der Waals surface area contributed by atoms with Crippen LogP contribution in [-0.4, -0.2) is 19.5 Å². The van der Waals surface area contributed by atoms with Gasteiger partial charge in [0.2, 0.25) is 5.91 Å². The number of carbonyl (C=O) groups excluding carboxylic acids is 1. The van der Waals surface area contributed by atoms with Crippen molar-refractivity contribution < 1.29 is 17.7 Å². The number of anilines is 2. The van der Waals surface area contributed by atoms with E-state index in [2.05, 4.69) is 15.2 Å². The van der Waals surface area contributed by atoms with Gasteiger partial charge in [-0.25, -0.2) is 8.42 Å². The van der Waals surface area contributed by atoms with Gasteiger partial charge in [0.1, 0.15) is 11.4 Å². The average molecular weight is 440 g/mol. The van der Waals surface area contributed by atoms with Gasteiger partial charge in [0.25, 0.3) is 10.0 Å². The molecule has 31 heavy (non-hydrogen) atoms. The van der Waals surface area contributed by atoms with E-state index in [9.17, 15) is 13.2 Å². The minimum absolute atomic E-state index is 0.188. The standard InChI is InChI=1S/C23H25N3O4S/c1-14-9-10-19(11-12-20-23(24-18(5)27)17(4)25-30-20)13-21(14)31(28,29)26-22-15(2)7-6-8-16(22)3/h6-13,26H,1-5H3,(H,24,27). The molecule has 0 unspecified atom stereocenters. The quantitative estimate of drug-likeness (QED) is 0.572. The maximum Gasteiger partial charge on any atom is 0.262 e. The van der Waals surface area contributed by atoms with Crippen LogP contribution in [0.1, 0.15) is 40.6 Å². The lowest BCUT2D eigenvalue weighted by Crippen LogP contribution is -2.16. The Morgan fingerprint density at radius 3 is 2.29 bits per heavy atom. The molecule has 0 fully saturated rings. The number of benzene rings is 2. The SMILES string of the molecule is CC(=O)Nc1c(C)noc1C=Cc1ccc(C)c(S(=O)(=O)Nc2c(C)cccc2C)c1. The summed E-state index contributed by atoms with van der Waals surface area (Å²) < 4.78 is 34.2. The predicted molar refractivity (Wildman–Crippen MR) is 122 cm³/mol. The molecule has 1 aromatic heterocycles. The zero-order valence-corrected chi connectivity index (χ0v) is 18.9. The summed E-state index contributed by atoms with van der Waals surface area (Å²) in [5, 5.41) is 6.56. The second-order valence-corrected chi connectivity index (χ2v) is 9.07. The molecule has 0 atom stereocenters. The third kappa shape index (κ3) is 5.03. The Morgan fingerprint density at radius 1 is 0.968 bits per heavy atom. The molecular formula is C23H25N3O4S. The van der Waals surface area contributed by atoms with Gasteiger partial charge in [0.05, 0.1) is 10.6 Å². The van der Waals surface area contributed by atoms with Crippen LogP contribution >= 0.6 is 0 Å². The second-order valence-electron chi connectivity index (χ2n) is 7.42. The number of aromatic nitrogens is 1. The van der Waals surface area contributed by atoms with Crippen LogP contribution in [0, 0.1) is 27.7 Å². The highest BCUT2D eigenvalue weighted by atomic mass is 32.2. The number of nitrogens with one attached hydrogen (secondary N) is 2. The lowest BCUT2D eigenvalue weighted by Gasteiger charge is -2.15. The first-order valence-corrected chi connectivity index (χ1v) is 11.2. The third-order valence-corrected chi connectivity index (χ3v) is 6.33. The molecule has 0 saturated carbocycles. The Kier molecular flexibility index (Phi) is 6.31. The van der Waals surface area contributed by atoms with Crippen LogP contribution in [0.3, 0.4) is 0 Å². The normalized spacial score (nSPS) is 11.6. The molecule has 0 spiro atoms. The average Bonchev–Trinajstić information content (AvgIpc) is 3.03. The number of sulfonamides is 1. The van der Waals surface area contributed by atoms with Crippen LogP contribution < -0.4 is 10.0 Å². The summed E-state index contributed by atoms with van der Waals surface area (Å²) in [6.45, 7) is 8.61. The zero-order valence-electron chi connectivity index (χ0n) is 18.1. The molecule has 0 aliphatic carbocycles. The van der Waals surface area contributed by atoms with Gasteiger partial charge in [-0.15, -0.1) is 0 Å². The number of amides is 1. The highest BCUT2D eigenvalue weighted by Gasteiger charge is 2.19. The van der Waals surface area contributed by atoms with Crippen molar-refractivity contribution in [1.29, 1.82) is 0 Å². The van der Waals surface area contributed by atoms with Gasteiger partial charge in [0.15, 0.2) is 5.76 Å². The highest BCUT2D eigenvalue weighted by Crippen LogP contribution is 2.27. The Morgan fingerprint density at radius 2 is 1.65 bits per heavy atom. The Balaban J connectivity index is 1.94. The van der Waals surface area contributed by atoms with Crippen molar-refractivity contribution in [1.82, 2.24) is 5.16 Å². The summed E-state index contributed by atoms with van der Waals surface area (Å²) in [5.74, 6) is 0.147. The van der Waals surface area contributed by atoms with Crippen molar-refractivity contribution in [2.75, 3.05) is 10.0 Å². The molecule has 162 valence electrons. The number of hydrogen-bond acceptors (Lipinski definition) is 5. The van der Waals surface area contributed by atoms with Gasteiger partial charge in [-0.2, -0.15) is 0 Å². The Labute approximate surface area is 182 Å². The second kappa shape index (κ2) is 8.77. The molecule has 0 bridgehead atoms. The predicted octanol–water partition coefficient (Wildman–Crippen LogP) is 4.84. The van der Waals surface area contributed by atoms with Gasteiger partial charge in [0, 0.05) is 6.92 Å². The van der Waals surface area contributed by atoms with E-state index in [1.54, 1.807) is 38.1 Å². The number of hydrogen-bond donors (Lipinski definition) is 2. The summed E-state index contributed by atoms with van der Waals surface area (Å²) >= 11 is 0. The molecule has 1 amide bonds. The topological polar surface area (TPSA) is 101 Å². The maximum atomic E-state index is 13.1. The van der Waals surface area contributed by atoms with Crippen molar-refractivity contribution in [3.05, 3.63) is 70.1 Å². The largest absolute Gasteiger partial charge is 0.354 e. The van der Waals surface area contributed by atoms with E-state index in [0.717, 1.165) is 11.1 Å². The summed E-state index contributed by atoms with van der Waals surface area (Å²) in [7, 11) is -3.79. The first-order valence-electron chi connectivity index (χ1n) is 9.70. The highest BCUT2D eigenvalue weighted by molar-refractivity contribution is 7.92. The molecule has 2 N–H and O–H groups in total. The molecule has 0 aliphatic rings. The van der Waals surface area contributed by atoms with Crippen molar-refractivity contribution in [3.63, 3.8) is 0 Å². The van der Waals surface area contributed by atoms with E-state index in [-0.39, 0.29) is 10.8 Å². The molecule has 7 nitrogen and oxygen atoms in total. The van der Waals surface area contributed by atoms with Crippen LogP contribution in [0.5, 0.6) is 0 Å². The van der Waals surface area contributed by atoms with E-state index in [4.69, 9.17) is 4.52 Å². The fourth-order valence-corrected chi connectivity index (χ4v) is 4.66. The summed E-state index contributed by atoms with van der Waals surface area (Å²) in [4.78, 5) is 11.6. The molecule has 2 aromatic carbocycles.